The fraction of sp³-hybridized carbons (Fsp3) is 0.500. The highest BCUT2D eigenvalue weighted by molar-refractivity contribution is 7.99. The van der Waals surface area contributed by atoms with Crippen molar-refractivity contribution in [3.63, 3.8) is 0 Å². The predicted octanol–water partition coefficient (Wildman–Crippen LogP) is 2.73. The van der Waals surface area contributed by atoms with Crippen molar-refractivity contribution in [3.8, 4) is 0 Å². The summed E-state index contributed by atoms with van der Waals surface area (Å²) in [7, 11) is 0. The summed E-state index contributed by atoms with van der Waals surface area (Å²) in [6, 6.07) is 5.86. The lowest BCUT2D eigenvalue weighted by Gasteiger charge is -2.27. The van der Waals surface area contributed by atoms with Crippen LogP contribution in [0.1, 0.15) is 28.4 Å². The zero-order valence-electron chi connectivity index (χ0n) is 15.0. The van der Waals surface area contributed by atoms with E-state index >= 15 is 0 Å². The Morgan fingerprint density at radius 1 is 1.20 bits per heavy atom. The summed E-state index contributed by atoms with van der Waals surface area (Å²) in [5.41, 5.74) is 3.10. The number of carbonyl (C=O) groups excluding carboxylic acids is 1. The van der Waals surface area contributed by atoms with Crippen LogP contribution in [0.4, 0.5) is 5.95 Å². The summed E-state index contributed by atoms with van der Waals surface area (Å²) in [5.74, 6) is 1.35. The van der Waals surface area contributed by atoms with Crippen molar-refractivity contribution >= 4 is 23.5 Å². The Labute approximate surface area is 152 Å². The molecule has 0 aliphatic carbocycles. The van der Waals surface area contributed by atoms with Crippen LogP contribution in [0.15, 0.2) is 23.4 Å². The fourth-order valence-electron chi connectivity index (χ4n) is 2.79. The molecule has 7 heteroatoms. The monoisotopic (exact) mass is 360 g/mol. The summed E-state index contributed by atoms with van der Waals surface area (Å²) >= 11 is 1.45. The lowest BCUT2D eigenvalue weighted by Crippen LogP contribution is -2.38. The third kappa shape index (κ3) is 4.04. The quantitative estimate of drug-likeness (QED) is 0.583. The largest absolute Gasteiger partial charge is 0.378 e. The Hall–Kier alpha value is -1.86. The van der Waals surface area contributed by atoms with Crippen molar-refractivity contribution in [1.29, 1.82) is 0 Å². The molecule has 0 N–H and O–H groups in total. The van der Waals surface area contributed by atoms with Gasteiger partial charge < -0.3 is 9.64 Å². The molecule has 1 saturated heterocycles. The number of hydrogen-bond acceptors (Lipinski definition) is 6. The highest BCUT2D eigenvalue weighted by Crippen LogP contribution is 2.23. The minimum atomic E-state index is 0.117. The van der Waals surface area contributed by atoms with Crippen LogP contribution in [-0.4, -0.2) is 52.6 Å². The highest BCUT2D eigenvalue weighted by Gasteiger charge is 2.20. The number of ether oxygens (including phenoxy) is 1. The number of nitrogens with zero attached hydrogens (tertiary/aromatic N) is 4. The average Bonchev–Trinajstić information content (AvgIpc) is 3.05. The Balaban J connectivity index is 1.69. The summed E-state index contributed by atoms with van der Waals surface area (Å²) in [6.07, 6.45) is 0. The van der Waals surface area contributed by atoms with E-state index in [9.17, 15) is 4.79 Å². The van der Waals surface area contributed by atoms with E-state index in [0.717, 1.165) is 41.9 Å². The van der Waals surface area contributed by atoms with Gasteiger partial charge in [-0.3, -0.25) is 9.36 Å². The minimum Gasteiger partial charge on any atom is -0.378 e. The number of thioether (sulfide) groups is 1. The first-order chi connectivity index (χ1) is 12.1. The van der Waals surface area contributed by atoms with Crippen molar-refractivity contribution < 1.29 is 9.53 Å². The number of aromatic nitrogens is 3. The van der Waals surface area contributed by atoms with Crippen LogP contribution in [0.2, 0.25) is 0 Å². The van der Waals surface area contributed by atoms with Crippen LogP contribution >= 0.6 is 11.8 Å². The molecule has 0 spiro atoms. The minimum absolute atomic E-state index is 0.117. The molecule has 0 unspecified atom stereocenters. The maximum Gasteiger partial charge on any atom is 0.228 e. The number of anilines is 1. The first kappa shape index (κ1) is 17.9. The third-order valence-electron chi connectivity index (χ3n) is 4.47. The molecule has 1 aliphatic heterocycles. The van der Waals surface area contributed by atoms with Crippen molar-refractivity contribution in [2.75, 3.05) is 37.0 Å². The van der Waals surface area contributed by atoms with Crippen molar-refractivity contribution in [2.45, 2.75) is 32.5 Å². The van der Waals surface area contributed by atoms with Crippen molar-refractivity contribution in [1.82, 2.24) is 14.8 Å². The summed E-state index contributed by atoms with van der Waals surface area (Å²) < 4.78 is 7.47. The highest BCUT2D eigenvalue weighted by atomic mass is 32.2. The van der Waals surface area contributed by atoms with E-state index in [2.05, 4.69) is 33.5 Å². The second-order valence-corrected chi connectivity index (χ2v) is 7.08. The zero-order valence-corrected chi connectivity index (χ0v) is 15.8. The van der Waals surface area contributed by atoms with E-state index in [4.69, 9.17) is 4.74 Å². The normalized spacial score (nSPS) is 14.8. The predicted molar refractivity (Wildman–Crippen MR) is 99.7 cm³/mol. The maximum absolute atomic E-state index is 12.5. The third-order valence-corrected chi connectivity index (χ3v) is 5.44. The molecule has 0 atom stereocenters. The second-order valence-electron chi connectivity index (χ2n) is 6.14. The topological polar surface area (TPSA) is 60.2 Å². The molecular weight excluding hydrogens is 336 g/mol. The SMILES string of the molecule is CCn1c(SCC(=O)c2ccc(C)c(C)c2)nnc1N1CCOCC1. The van der Waals surface area contributed by atoms with E-state index in [1.807, 2.05) is 25.1 Å². The van der Waals surface area contributed by atoms with Gasteiger partial charge in [-0.25, -0.2) is 0 Å². The lowest BCUT2D eigenvalue weighted by atomic mass is 10.0. The molecule has 134 valence electrons. The Bertz CT molecular complexity index is 754. The number of benzene rings is 1. The van der Waals surface area contributed by atoms with E-state index in [-0.39, 0.29) is 5.78 Å². The van der Waals surface area contributed by atoms with Gasteiger partial charge in [-0.1, -0.05) is 23.9 Å². The average molecular weight is 360 g/mol. The number of aryl methyl sites for hydroxylation is 2. The molecule has 0 bridgehead atoms. The van der Waals surface area contributed by atoms with E-state index in [0.29, 0.717) is 19.0 Å². The van der Waals surface area contributed by atoms with E-state index in [1.54, 1.807) is 0 Å². The number of hydrogen-bond donors (Lipinski definition) is 0. The van der Waals surface area contributed by atoms with Gasteiger partial charge in [0, 0.05) is 25.2 Å². The molecule has 3 rings (SSSR count). The number of ketones is 1. The number of carbonyl (C=O) groups is 1. The molecular formula is C18H24N4O2S. The Morgan fingerprint density at radius 2 is 1.96 bits per heavy atom. The van der Waals surface area contributed by atoms with Crippen LogP contribution in [0, 0.1) is 13.8 Å². The lowest BCUT2D eigenvalue weighted by molar-refractivity contribution is 0.102. The van der Waals surface area contributed by atoms with Gasteiger partial charge >= 0.3 is 0 Å². The Morgan fingerprint density at radius 3 is 2.64 bits per heavy atom. The standard InChI is InChI=1S/C18H24N4O2S/c1-4-22-17(21-7-9-24-10-8-21)19-20-18(22)25-12-16(23)15-6-5-13(2)14(3)11-15/h5-6,11H,4,7-10,12H2,1-3H3. The van der Waals surface area contributed by atoms with Crippen LogP contribution in [0.3, 0.4) is 0 Å². The van der Waals surface area contributed by atoms with Gasteiger partial charge in [-0.2, -0.15) is 0 Å². The molecule has 1 fully saturated rings. The summed E-state index contributed by atoms with van der Waals surface area (Å²) in [6.45, 7) is 10.0. The number of morpholine rings is 1. The molecule has 25 heavy (non-hydrogen) atoms. The van der Waals surface area contributed by atoms with Crippen LogP contribution < -0.4 is 4.90 Å². The van der Waals surface area contributed by atoms with Gasteiger partial charge in [0.25, 0.3) is 0 Å². The van der Waals surface area contributed by atoms with Gasteiger partial charge in [0.05, 0.1) is 19.0 Å². The number of Topliss-reactive ketones (excluding diaryl/α,β-unsaturated/α-hetero) is 1. The number of rotatable bonds is 6. The van der Waals surface area contributed by atoms with E-state index in [1.165, 1.54) is 17.3 Å². The smallest absolute Gasteiger partial charge is 0.228 e. The molecule has 0 amide bonds. The second kappa shape index (κ2) is 8.01. The molecule has 1 aliphatic rings. The van der Waals surface area contributed by atoms with Gasteiger partial charge in [0.1, 0.15) is 0 Å². The molecule has 0 saturated carbocycles. The van der Waals surface area contributed by atoms with E-state index < -0.39 is 0 Å². The first-order valence-electron chi connectivity index (χ1n) is 8.59. The maximum atomic E-state index is 12.5. The van der Waals surface area contributed by atoms with Gasteiger partial charge in [0.15, 0.2) is 10.9 Å². The molecule has 2 aromatic rings. The van der Waals surface area contributed by atoms with Crippen molar-refractivity contribution in [3.05, 3.63) is 34.9 Å². The van der Waals surface area contributed by atoms with Gasteiger partial charge in [-0.15, -0.1) is 10.2 Å². The van der Waals surface area contributed by atoms with Gasteiger partial charge in [0.2, 0.25) is 5.95 Å². The summed E-state index contributed by atoms with van der Waals surface area (Å²) in [5, 5.41) is 9.43. The fourth-order valence-corrected chi connectivity index (χ4v) is 3.68. The van der Waals surface area contributed by atoms with Crippen LogP contribution in [0.25, 0.3) is 0 Å². The van der Waals surface area contributed by atoms with Crippen molar-refractivity contribution in [2.24, 2.45) is 0 Å². The Kier molecular flexibility index (Phi) is 5.75. The van der Waals surface area contributed by atoms with Crippen LogP contribution in [0.5, 0.6) is 0 Å². The molecule has 1 aromatic heterocycles. The molecule has 2 heterocycles. The van der Waals surface area contributed by atoms with Gasteiger partial charge in [-0.05, 0) is 38.0 Å². The zero-order chi connectivity index (χ0) is 17.8. The molecule has 6 nitrogen and oxygen atoms in total. The van der Waals surface area contributed by atoms with Crippen LogP contribution in [-0.2, 0) is 11.3 Å². The molecule has 1 aromatic carbocycles. The summed E-state index contributed by atoms with van der Waals surface area (Å²) in [4.78, 5) is 14.7. The first-order valence-corrected chi connectivity index (χ1v) is 9.58. The molecule has 0 radical (unpaired) electrons.